The third-order valence-corrected chi connectivity index (χ3v) is 9.14. The summed E-state index contributed by atoms with van der Waals surface area (Å²) >= 11 is 0. The Labute approximate surface area is 123 Å². The number of methoxy groups -OCH3 is 1. The summed E-state index contributed by atoms with van der Waals surface area (Å²) in [7, 11) is -0.495. The van der Waals surface area contributed by atoms with Crippen molar-refractivity contribution in [1.29, 1.82) is 0 Å². The first-order chi connectivity index (χ1) is 9.06. The van der Waals surface area contributed by atoms with Crippen molar-refractivity contribution >= 4 is 20.1 Å². The van der Waals surface area contributed by atoms with E-state index in [9.17, 15) is 9.59 Å². The van der Waals surface area contributed by atoms with Gasteiger partial charge in [-0.15, -0.1) is 0 Å². The van der Waals surface area contributed by atoms with Crippen molar-refractivity contribution in [3.05, 3.63) is 0 Å². The molecule has 0 amide bonds. The van der Waals surface area contributed by atoms with Crippen molar-refractivity contribution in [2.75, 3.05) is 7.11 Å². The van der Waals surface area contributed by atoms with Crippen LogP contribution < -0.4 is 0 Å². The molecule has 1 rings (SSSR count). The van der Waals surface area contributed by atoms with Crippen LogP contribution in [0.3, 0.4) is 0 Å². The summed E-state index contributed by atoms with van der Waals surface area (Å²) in [6.07, 6.45) is 2.02. The molecule has 0 aromatic carbocycles. The highest BCUT2D eigenvalue weighted by molar-refractivity contribution is 6.74. The lowest BCUT2D eigenvalue weighted by molar-refractivity contribution is -0.143. The average molecular weight is 300 g/mol. The zero-order valence-electron chi connectivity index (χ0n) is 13.6. The number of Topliss-reactive ketones (excluding diaryl/α,β-unsaturated/α-hetero) is 1. The van der Waals surface area contributed by atoms with E-state index >= 15 is 0 Å². The fourth-order valence-electron chi connectivity index (χ4n) is 2.28. The molecule has 0 spiro atoms. The molecule has 0 saturated heterocycles. The number of hydrogen-bond acceptors (Lipinski definition) is 4. The van der Waals surface area contributed by atoms with E-state index < -0.39 is 8.32 Å². The van der Waals surface area contributed by atoms with E-state index in [0.29, 0.717) is 12.8 Å². The number of ether oxygens (including phenoxy) is 1. The van der Waals surface area contributed by atoms with E-state index in [1.165, 1.54) is 7.11 Å². The Kier molecular flexibility index (Phi) is 5.55. The monoisotopic (exact) mass is 300 g/mol. The minimum Gasteiger partial charge on any atom is -0.469 e. The Morgan fingerprint density at radius 2 is 1.95 bits per heavy atom. The number of esters is 1. The van der Waals surface area contributed by atoms with Crippen molar-refractivity contribution in [3.63, 3.8) is 0 Å². The Balaban J connectivity index is 2.79. The van der Waals surface area contributed by atoms with Gasteiger partial charge in [0, 0.05) is 24.9 Å². The molecule has 0 radical (unpaired) electrons. The van der Waals surface area contributed by atoms with Gasteiger partial charge in [0.1, 0.15) is 5.78 Å². The molecule has 1 fully saturated rings. The standard InChI is InChI=1S/C15H28O4Si/c1-15(2,3)20(5,6)19-13-8-7-12(16)9-11(13)10-14(17)18-4/h11,13H,7-10H2,1-6H3/t11-,13+/m1/s1. The predicted octanol–water partition coefficient (Wildman–Crippen LogP) is 3.31. The maximum Gasteiger partial charge on any atom is 0.305 e. The first-order valence-corrected chi connectivity index (χ1v) is 10.2. The van der Waals surface area contributed by atoms with Crippen molar-refractivity contribution in [1.82, 2.24) is 0 Å². The van der Waals surface area contributed by atoms with Gasteiger partial charge in [-0.2, -0.15) is 0 Å². The molecule has 1 saturated carbocycles. The summed E-state index contributed by atoms with van der Waals surface area (Å²) in [5.41, 5.74) is 0. The van der Waals surface area contributed by atoms with Gasteiger partial charge >= 0.3 is 5.97 Å². The van der Waals surface area contributed by atoms with Gasteiger partial charge in [-0.1, -0.05) is 20.8 Å². The molecule has 4 nitrogen and oxygen atoms in total. The smallest absolute Gasteiger partial charge is 0.305 e. The molecule has 0 heterocycles. The molecule has 0 aromatic heterocycles. The molecule has 0 bridgehead atoms. The maximum atomic E-state index is 11.7. The Bertz CT molecular complexity index is 371. The van der Waals surface area contributed by atoms with E-state index in [1.807, 2.05) is 0 Å². The summed E-state index contributed by atoms with van der Waals surface area (Å²) < 4.78 is 11.2. The van der Waals surface area contributed by atoms with Crippen molar-refractivity contribution in [2.24, 2.45) is 5.92 Å². The Morgan fingerprint density at radius 1 is 1.35 bits per heavy atom. The lowest BCUT2D eigenvalue weighted by atomic mass is 9.84. The molecular weight excluding hydrogens is 272 g/mol. The zero-order valence-corrected chi connectivity index (χ0v) is 14.6. The lowest BCUT2D eigenvalue weighted by Gasteiger charge is -2.42. The second kappa shape index (κ2) is 6.39. The van der Waals surface area contributed by atoms with E-state index in [1.54, 1.807) is 0 Å². The highest BCUT2D eigenvalue weighted by Crippen LogP contribution is 2.40. The van der Waals surface area contributed by atoms with Crippen LogP contribution in [0.5, 0.6) is 0 Å². The molecule has 116 valence electrons. The quantitative estimate of drug-likeness (QED) is 0.590. The topological polar surface area (TPSA) is 52.6 Å². The summed E-state index contributed by atoms with van der Waals surface area (Å²) in [6.45, 7) is 11.0. The second-order valence-electron chi connectivity index (χ2n) is 7.24. The highest BCUT2D eigenvalue weighted by atomic mass is 28.4. The molecule has 2 atom stereocenters. The Hall–Kier alpha value is -0.683. The fourth-order valence-corrected chi connectivity index (χ4v) is 3.70. The molecular formula is C15H28O4Si. The molecule has 20 heavy (non-hydrogen) atoms. The third-order valence-electron chi connectivity index (χ3n) is 4.63. The predicted molar refractivity (Wildman–Crippen MR) is 81.1 cm³/mol. The van der Waals surface area contributed by atoms with E-state index in [4.69, 9.17) is 9.16 Å². The van der Waals surface area contributed by atoms with Crippen LogP contribution in [0.1, 0.15) is 46.5 Å². The molecule has 0 N–H and O–H groups in total. The van der Waals surface area contributed by atoms with Crippen LogP contribution >= 0.6 is 0 Å². The largest absolute Gasteiger partial charge is 0.469 e. The first kappa shape index (κ1) is 17.4. The minimum atomic E-state index is -1.88. The second-order valence-corrected chi connectivity index (χ2v) is 12.0. The third kappa shape index (κ3) is 4.41. The van der Waals surface area contributed by atoms with E-state index in [0.717, 1.165) is 6.42 Å². The average Bonchev–Trinajstić information content (AvgIpc) is 2.31. The number of carbonyl (C=O) groups excluding carboxylic acids is 2. The summed E-state index contributed by atoms with van der Waals surface area (Å²) in [4.78, 5) is 23.2. The minimum absolute atomic E-state index is 0.00712. The van der Waals surface area contributed by atoms with Gasteiger partial charge in [0.2, 0.25) is 0 Å². The summed E-state index contributed by atoms with van der Waals surface area (Å²) in [5, 5.41) is 0.129. The molecule has 0 unspecified atom stereocenters. The first-order valence-electron chi connectivity index (χ1n) is 7.33. The van der Waals surface area contributed by atoms with Gasteiger partial charge in [-0.05, 0) is 24.6 Å². The van der Waals surface area contributed by atoms with Gasteiger partial charge in [0.25, 0.3) is 0 Å². The SMILES string of the molecule is COC(=O)C[C@H]1CC(=O)CC[C@@H]1O[Si](C)(C)C(C)(C)C. The molecule has 1 aliphatic rings. The van der Waals surface area contributed by atoms with Crippen molar-refractivity contribution in [2.45, 2.75) is 70.7 Å². The van der Waals surface area contributed by atoms with Gasteiger partial charge < -0.3 is 9.16 Å². The lowest BCUT2D eigenvalue weighted by Crippen LogP contribution is -2.47. The van der Waals surface area contributed by atoms with Crippen LogP contribution in [-0.4, -0.2) is 33.3 Å². The van der Waals surface area contributed by atoms with Crippen LogP contribution in [-0.2, 0) is 18.8 Å². The number of ketones is 1. The maximum absolute atomic E-state index is 11.7. The van der Waals surface area contributed by atoms with E-state index in [2.05, 4.69) is 33.9 Å². The molecule has 0 aliphatic heterocycles. The summed E-state index contributed by atoms with van der Waals surface area (Å²) in [5.74, 6) is -0.0552. The Morgan fingerprint density at radius 3 is 2.45 bits per heavy atom. The van der Waals surface area contributed by atoms with Gasteiger partial charge in [-0.3, -0.25) is 9.59 Å². The fraction of sp³-hybridized carbons (Fsp3) is 0.867. The number of carbonyl (C=O) groups is 2. The molecule has 1 aliphatic carbocycles. The van der Waals surface area contributed by atoms with Crippen LogP contribution in [0, 0.1) is 5.92 Å². The van der Waals surface area contributed by atoms with Gasteiger partial charge in [-0.25, -0.2) is 0 Å². The van der Waals surface area contributed by atoms with Gasteiger partial charge in [0.15, 0.2) is 8.32 Å². The molecule has 0 aromatic rings. The number of rotatable bonds is 4. The van der Waals surface area contributed by atoms with Crippen LogP contribution in [0.4, 0.5) is 0 Å². The van der Waals surface area contributed by atoms with Crippen LogP contribution in [0.25, 0.3) is 0 Å². The van der Waals surface area contributed by atoms with Crippen LogP contribution in [0.2, 0.25) is 18.1 Å². The normalized spacial score (nSPS) is 24.6. The van der Waals surface area contributed by atoms with Gasteiger partial charge in [0.05, 0.1) is 13.5 Å². The zero-order chi connectivity index (χ0) is 15.6. The summed E-state index contributed by atoms with van der Waals surface area (Å²) in [6, 6.07) is 0. The van der Waals surface area contributed by atoms with E-state index in [-0.39, 0.29) is 35.2 Å². The highest BCUT2D eigenvalue weighted by Gasteiger charge is 2.42. The van der Waals surface area contributed by atoms with Crippen molar-refractivity contribution in [3.8, 4) is 0 Å². The van der Waals surface area contributed by atoms with Crippen molar-refractivity contribution < 1.29 is 18.8 Å². The molecule has 5 heteroatoms. The number of hydrogen-bond donors (Lipinski definition) is 0. The van der Waals surface area contributed by atoms with Crippen LogP contribution in [0.15, 0.2) is 0 Å².